The smallest absolute Gasteiger partial charge is 0.319 e. The van der Waals surface area contributed by atoms with Gasteiger partial charge in [0, 0.05) is 12.2 Å². The van der Waals surface area contributed by atoms with Crippen molar-refractivity contribution >= 4 is 18.4 Å². The summed E-state index contributed by atoms with van der Waals surface area (Å²) >= 11 is 0. The van der Waals surface area contributed by atoms with Crippen LogP contribution in [0.15, 0.2) is 54.6 Å². The van der Waals surface area contributed by atoms with Gasteiger partial charge in [-0.15, -0.1) is 0 Å². The van der Waals surface area contributed by atoms with Crippen molar-refractivity contribution in [3.05, 3.63) is 65.7 Å². The van der Waals surface area contributed by atoms with Gasteiger partial charge in [-0.2, -0.15) is 0 Å². The number of aryl methyl sites for hydroxylation is 1. The van der Waals surface area contributed by atoms with E-state index < -0.39 is 0 Å². The van der Waals surface area contributed by atoms with Crippen molar-refractivity contribution in [1.82, 2.24) is 10.2 Å². The lowest BCUT2D eigenvalue weighted by molar-refractivity contribution is 0.182. The molecular weight excluding hydrogens is 360 g/mol. The number of hydrogen-bond acceptors (Lipinski definition) is 3. The second kappa shape index (κ2) is 12.7. The average Bonchev–Trinajstić information content (AvgIpc) is 2.75. The van der Waals surface area contributed by atoms with Crippen LogP contribution in [-0.4, -0.2) is 43.8 Å². The molecule has 1 aliphatic rings. The molecule has 1 aliphatic heterocycles. The van der Waals surface area contributed by atoms with E-state index in [2.05, 4.69) is 52.6 Å². The van der Waals surface area contributed by atoms with Crippen molar-refractivity contribution in [3.8, 4) is 0 Å². The summed E-state index contributed by atoms with van der Waals surface area (Å²) in [6, 6.07) is 18.5. The van der Waals surface area contributed by atoms with Crippen LogP contribution in [0.5, 0.6) is 0 Å². The molecule has 2 aromatic carbocycles. The Morgan fingerprint density at radius 2 is 1.83 bits per heavy atom. The van der Waals surface area contributed by atoms with E-state index in [0.29, 0.717) is 6.54 Å². The number of urea groups is 1. The first-order valence-corrected chi connectivity index (χ1v) is 10.4. The third kappa shape index (κ3) is 8.48. The van der Waals surface area contributed by atoms with Crippen molar-refractivity contribution in [2.45, 2.75) is 32.6 Å². The Labute approximate surface area is 175 Å². The van der Waals surface area contributed by atoms with E-state index in [1.807, 2.05) is 31.2 Å². The monoisotopic (exact) mass is 394 g/mol. The highest BCUT2D eigenvalue weighted by atomic mass is 16.2. The maximum Gasteiger partial charge on any atom is 0.319 e. The van der Waals surface area contributed by atoms with Gasteiger partial charge in [0.15, 0.2) is 0 Å². The van der Waals surface area contributed by atoms with Crippen molar-refractivity contribution in [3.63, 3.8) is 0 Å². The predicted molar refractivity (Wildman–Crippen MR) is 122 cm³/mol. The number of anilines is 1. The number of nitrogens with one attached hydrogen (secondary N) is 3. The van der Waals surface area contributed by atoms with E-state index in [0.717, 1.165) is 30.1 Å². The van der Waals surface area contributed by atoms with Gasteiger partial charge in [-0.05, 0) is 88.1 Å². The zero-order valence-electron chi connectivity index (χ0n) is 17.5. The summed E-state index contributed by atoms with van der Waals surface area (Å²) in [5, 5.41) is 11.3. The molecule has 0 aliphatic carbocycles. The SMILES string of the molecule is C=N.Cc1cccc(NC(=O)NCCCN2CCC(Cc3ccccc3)CC2)c1. The first-order chi connectivity index (χ1) is 14.2. The molecular formula is C24H34N4O. The summed E-state index contributed by atoms with van der Waals surface area (Å²) in [4.78, 5) is 14.5. The lowest BCUT2D eigenvalue weighted by Crippen LogP contribution is -2.37. The molecule has 3 rings (SSSR count). The molecule has 1 heterocycles. The Hall–Kier alpha value is -2.66. The summed E-state index contributed by atoms with van der Waals surface area (Å²) in [5.74, 6) is 0.807. The van der Waals surface area contributed by atoms with Crippen molar-refractivity contribution < 1.29 is 4.79 Å². The van der Waals surface area contributed by atoms with Crippen molar-refractivity contribution in [2.24, 2.45) is 5.92 Å². The maximum atomic E-state index is 12.0. The Balaban J connectivity index is 0.00000145. The van der Waals surface area contributed by atoms with Crippen LogP contribution in [-0.2, 0) is 6.42 Å². The molecule has 1 fully saturated rings. The molecule has 0 saturated carbocycles. The average molecular weight is 395 g/mol. The number of likely N-dealkylation sites (tertiary alicyclic amines) is 1. The third-order valence-corrected chi connectivity index (χ3v) is 5.29. The standard InChI is InChI=1S/C23H31N3O.CH3N/c1-19-7-5-10-22(17-19)25-23(27)24-13-6-14-26-15-11-21(12-16-26)18-20-8-3-2-4-9-20;1-2/h2-5,7-10,17,21H,6,11-16,18H2,1H3,(H2,24,25,27);2H,1H2. The number of benzene rings is 2. The molecule has 0 bridgehead atoms. The number of amides is 2. The molecule has 0 unspecified atom stereocenters. The molecule has 1 saturated heterocycles. The Morgan fingerprint density at radius 1 is 1.10 bits per heavy atom. The van der Waals surface area contributed by atoms with Gasteiger partial charge in [-0.3, -0.25) is 0 Å². The molecule has 156 valence electrons. The van der Waals surface area contributed by atoms with Gasteiger partial charge in [0.1, 0.15) is 0 Å². The van der Waals surface area contributed by atoms with Crippen LogP contribution in [0, 0.1) is 18.3 Å². The fraction of sp³-hybridized carbons (Fsp3) is 0.417. The highest BCUT2D eigenvalue weighted by Crippen LogP contribution is 2.21. The Morgan fingerprint density at radius 3 is 2.52 bits per heavy atom. The minimum absolute atomic E-state index is 0.123. The van der Waals surface area contributed by atoms with E-state index in [9.17, 15) is 4.79 Å². The fourth-order valence-corrected chi connectivity index (χ4v) is 3.76. The first-order valence-electron chi connectivity index (χ1n) is 10.4. The number of piperidine rings is 1. The van der Waals surface area contributed by atoms with Crippen molar-refractivity contribution in [1.29, 1.82) is 5.41 Å². The number of nitrogens with zero attached hydrogens (tertiary/aromatic N) is 1. The van der Waals surface area contributed by atoms with Crippen LogP contribution < -0.4 is 10.6 Å². The van der Waals surface area contributed by atoms with E-state index in [1.54, 1.807) is 0 Å². The quantitative estimate of drug-likeness (QED) is 0.469. The molecule has 5 heteroatoms. The second-order valence-corrected chi connectivity index (χ2v) is 7.58. The van der Waals surface area contributed by atoms with Gasteiger partial charge >= 0.3 is 6.03 Å². The van der Waals surface area contributed by atoms with E-state index in [-0.39, 0.29) is 6.03 Å². The molecule has 2 aromatic rings. The summed E-state index contributed by atoms with van der Waals surface area (Å²) in [6.45, 7) is 8.64. The van der Waals surface area contributed by atoms with Crippen LogP contribution in [0.1, 0.15) is 30.4 Å². The zero-order valence-corrected chi connectivity index (χ0v) is 17.5. The summed E-state index contributed by atoms with van der Waals surface area (Å²) < 4.78 is 0. The minimum Gasteiger partial charge on any atom is -0.338 e. The van der Waals surface area contributed by atoms with Crippen LogP contribution in [0.25, 0.3) is 0 Å². The molecule has 3 N–H and O–H groups in total. The molecule has 0 atom stereocenters. The number of carbonyl (C=O) groups is 1. The molecule has 29 heavy (non-hydrogen) atoms. The van der Waals surface area contributed by atoms with E-state index in [4.69, 9.17) is 5.41 Å². The van der Waals surface area contributed by atoms with Gasteiger partial charge in [-0.1, -0.05) is 42.5 Å². The van der Waals surface area contributed by atoms with Gasteiger partial charge < -0.3 is 20.9 Å². The second-order valence-electron chi connectivity index (χ2n) is 7.58. The van der Waals surface area contributed by atoms with E-state index >= 15 is 0 Å². The molecule has 0 radical (unpaired) electrons. The Bertz CT molecular complexity index is 727. The Kier molecular flexibility index (Phi) is 9.93. The number of hydrogen-bond donors (Lipinski definition) is 3. The van der Waals surface area contributed by atoms with Crippen LogP contribution >= 0.6 is 0 Å². The van der Waals surface area contributed by atoms with Gasteiger partial charge in [0.25, 0.3) is 0 Å². The highest BCUT2D eigenvalue weighted by molar-refractivity contribution is 5.89. The third-order valence-electron chi connectivity index (χ3n) is 5.29. The van der Waals surface area contributed by atoms with Gasteiger partial charge in [-0.25, -0.2) is 4.79 Å². The minimum atomic E-state index is -0.123. The van der Waals surface area contributed by atoms with E-state index in [1.165, 1.54) is 37.9 Å². The van der Waals surface area contributed by atoms with Crippen LogP contribution in [0.3, 0.4) is 0 Å². The van der Waals surface area contributed by atoms with Gasteiger partial charge in [0.2, 0.25) is 0 Å². The molecule has 0 spiro atoms. The first kappa shape index (κ1) is 22.6. The van der Waals surface area contributed by atoms with Crippen LogP contribution in [0.4, 0.5) is 10.5 Å². The molecule has 5 nitrogen and oxygen atoms in total. The largest absolute Gasteiger partial charge is 0.338 e. The molecule has 2 amide bonds. The normalized spacial score (nSPS) is 14.5. The molecule has 0 aromatic heterocycles. The maximum absolute atomic E-state index is 12.0. The topological polar surface area (TPSA) is 68.2 Å². The summed E-state index contributed by atoms with van der Waals surface area (Å²) in [6.07, 6.45) is 4.74. The zero-order chi connectivity index (χ0) is 20.9. The summed E-state index contributed by atoms with van der Waals surface area (Å²) in [5.41, 5.74) is 3.44. The lowest BCUT2D eigenvalue weighted by atomic mass is 9.90. The lowest BCUT2D eigenvalue weighted by Gasteiger charge is -2.32. The van der Waals surface area contributed by atoms with Crippen LogP contribution in [0.2, 0.25) is 0 Å². The highest BCUT2D eigenvalue weighted by Gasteiger charge is 2.19. The fourth-order valence-electron chi connectivity index (χ4n) is 3.76. The predicted octanol–water partition coefficient (Wildman–Crippen LogP) is 4.73. The van der Waals surface area contributed by atoms with Gasteiger partial charge in [0.05, 0.1) is 0 Å². The number of carbonyl (C=O) groups excluding carboxylic acids is 1. The number of rotatable bonds is 7. The summed E-state index contributed by atoms with van der Waals surface area (Å²) in [7, 11) is 0. The van der Waals surface area contributed by atoms with Crippen molar-refractivity contribution in [2.75, 3.05) is 31.5 Å².